The van der Waals surface area contributed by atoms with Crippen LogP contribution in [0.3, 0.4) is 0 Å². The predicted molar refractivity (Wildman–Crippen MR) is 63.9 cm³/mol. The number of aromatic nitrogens is 1. The zero-order valence-corrected chi connectivity index (χ0v) is 8.61. The number of nitrogens with zero attached hydrogens (tertiary/aromatic N) is 1. The third-order valence-electron chi connectivity index (χ3n) is 2.30. The maximum atomic E-state index is 5.43. The molecule has 0 spiro atoms. The van der Waals surface area contributed by atoms with Gasteiger partial charge >= 0.3 is 0 Å². The Balaban J connectivity index is 2.16. The Morgan fingerprint density at radius 3 is 3.00 bits per heavy atom. The van der Waals surface area contributed by atoms with Crippen molar-refractivity contribution >= 4 is 16.6 Å². The molecular weight excluding hydrogens is 186 g/mol. The highest BCUT2D eigenvalue weighted by atomic mass is 14.9. The largest absolute Gasteiger partial charge is 0.384 e. The molecule has 2 aromatic rings. The lowest BCUT2D eigenvalue weighted by Crippen LogP contribution is -2.08. The van der Waals surface area contributed by atoms with Crippen molar-refractivity contribution in [2.24, 2.45) is 5.73 Å². The van der Waals surface area contributed by atoms with Crippen LogP contribution in [-0.4, -0.2) is 18.1 Å². The first-order valence-corrected chi connectivity index (χ1v) is 5.19. The maximum Gasteiger partial charge on any atom is 0.0703 e. The van der Waals surface area contributed by atoms with Crippen molar-refractivity contribution in [1.82, 2.24) is 4.98 Å². The van der Waals surface area contributed by atoms with Gasteiger partial charge in [-0.15, -0.1) is 0 Å². The van der Waals surface area contributed by atoms with Gasteiger partial charge in [0.1, 0.15) is 0 Å². The second kappa shape index (κ2) is 4.75. The summed E-state index contributed by atoms with van der Waals surface area (Å²) in [5, 5.41) is 4.46. The third kappa shape index (κ3) is 2.44. The number of hydrogen-bond donors (Lipinski definition) is 2. The highest BCUT2D eigenvalue weighted by molar-refractivity contribution is 5.81. The van der Waals surface area contributed by atoms with E-state index in [9.17, 15) is 0 Å². The average Bonchev–Trinajstić information content (AvgIpc) is 2.29. The van der Waals surface area contributed by atoms with Crippen LogP contribution in [0.15, 0.2) is 36.5 Å². The van der Waals surface area contributed by atoms with Crippen molar-refractivity contribution < 1.29 is 0 Å². The summed E-state index contributed by atoms with van der Waals surface area (Å²) in [5.41, 5.74) is 7.51. The number of rotatable bonds is 4. The summed E-state index contributed by atoms with van der Waals surface area (Å²) < 4.78 is 0. The minimum atomic E-state index is 0.716. The van der Waals surface area contributed by atoms with Crippen LogP contribution in [-0.2, 0) is 0 Å². The second-order valence-corrected chi connectivity index (χ2v) is 3.49. The monoisotopic (exact) mass is 201 g/mol. The van der Waals surface area contributed by atoms with Crippen LogP contribution in [0.1, 0.15) is 6.42 Å². The van der Waals surface area contributed by atoms with Crippen molar-refractivity contribution in [2.75, 3.05) is 18.4 Å². The first kappa shape index (κ1) is 9.93. The molecule has 15 heavy (non-hydrogen) atoms. The molecule has 0 aliphatic rings. The average molecular weight is 201 g/mol. The Kier molecular flexibility index (Phi) is 3.15. The molecule has 0 radical (unpaired) electrons. The highest BCUT2D eigenvalue weighted by Crippen LogP contribution is 2.15. The SMILES string of the molecule is NCCCNc1cnc2ccccc2c1. The summed E-state index contributed by atoms with van der Waals surface area (Å²) in [6.45, 7) is 1.62. The molecule has 2 rings (SSSR count). The van der Waals surface area contributed by atoms with Crippen molar-refractivity contribution in [3.8, 4) is 0 Å². The third-order valence-corrected chi connectivity index (χ3v) is 2.30. The second-order valence-electron chi connectivity index (χ2n) is 3.49. The first-order valence-electron chi connectivity index (χ1n) is 5.19. The molecule has 3 nitrogen and oxygen atoms in total. The van der Waals surface area contributed by atoms with E-state index >= 15 is 0 Å². The molecule has 0 saturated carbocycles. The van der Waals surface area contributed by atoms with E-state index in [1.54, 1.807) is 0 Å². The molecule has 1 aromatic carbocycles. The Hall–Kier alpha value is -1.61. The van der Waals surface area contributed by atoms with Gasteiger partial charge in [-0.25, -0.2) is 0 Å². The van der Waals surface area contributed by atoms with Crippen LogP contribution in [0, 0.1) is 0 Å². The van der Waals surface area contributed by atoms with E-state index in [0.29, 0.717) is 6.54 Å². The van der Waals surface area contributed by atoms with Gasteiger partial charge in [0.15, 0.2) is 0 Å². The molecule has 1 aromatic heterocycles. The van der Waals surface area contributed by atoms with Crippen LogP contribution in [0.25, 0.3) is 10.9 Å². The molecule has 78 valence electrons. The Morgan fingerprint density at radius 2 is 2.13 bits per heavy atom. The van der Waals surface area contributed by atoms with Gasteiger partial charge in [0.25, 0.3) is 0 Å². The molecule has 0 aliphatic heterocycles. The van der Waals surface area contributed by atoms with E-state index in [1.165, 1.54) is 0 Å². The molecule has 3 heteroatoms. The van der Waals surface area contributed by atoms with Crippen LogP contribution in [0.5, 0.6) is 0 Å². The standard InChI is InChI=1S/C12H15N3/c13-6-3-7-14-11-8-10-4-1-2-5-12(10)15-9-11/h1-2,4-5,8-9,14H,3,6-7,13H2. The van der Waals surface area contributed by atoms with E-state index in [4.69, 9.17) is 5.73 Å². The van der Waals surface area contributed by atoms with Gasteiger partial charge in [-0.2, -0.15) is 0 Å². The lowest BCUT2D eigenvalue weighted by molar-refractivity contribution is 0.874. The molecule has 0 amide bonds. The first-order chi connectivity index (χ1) is 7.40. The van der Waals surface area contributed by atoms with Gasteiger partial charge in [0.2, 0.25) is 0 Å². The minimum absolute atomic E-state index is 0.716. The van der Waals surface area contributed by atoms with Crippen LogP contribution in [0.2, 0.25) is 0 Å². The van der Waals surface area contributed by atoms with Gasteiger partial charge in [0.05, 0.1) is 17.4 Å². The summed E-state index contributed by atoms with van der Waals surface area (Å²) in [4.78, 5) is 4.37. The number of anilines is 1. The minimum Gasteiger partial charge on any atom is -0.384 e. The number of para-hydroxylation sites is 1. The Bertz CT molecular complexity index is 440. The molecule has 0 bridgehead atoms. The number of fused-ring (bicyclic) bond motifs is 1. The molecule has 0 fully saturated rings. The quantitative estimate of drug-likeness (QED) is 0.744. The number of nitrogens with two attached hydrogens (primary N) is 1. The van der Waals surface area contributed by atoms with Crippen LogP contribution in [0.4, 0.5) is 5.69 Å². The molecule has 3 N–H and O–H groups in total. The summed E-state index contributed by atoms with van der Waals surface area (Å²) in [6, 6.07) is 10.2. The smallest absolute Gasteiger partial charge is 0.0703 e. The molecule has 0 saturated heterocycles. The van der Waals surface area contributed by atoms with Gasteiger partial charge in [-0.1, -0.05) is 18.2 Å². The van der Waals surface area contributed by atoms with E-state index in [0.717, 1.165) is 29.6 Å². The van der Waals surface area contributed by atoms with E-state index in [-0.39, 0.29) is 0 Å². The fourth-order valence-corrected chi connectivity index (χ4v) is 1.50. The molecular formula is C12H15N3. The number of pyridine rings is 1. The topological polar surface area (TPSA) is 50.9 Å². The van der Waals surface area contributed by atoms with E-state index in [2.05, 4.69) is 22.4 Å². The Labute approximate surface area is 89.3 Å². The molecule has 1 heterocycles. The summed E-state index contributed by atoms with van der Waals surface area (Å²) in [5.74, 6) is 0. The van der Waals surface area contributed by atoms with Crippen LogP contribution < -0.4 is 11.1 Å². The van der Waals surface area contributed by atoms with E-state index in [1.807, 2.05) is 24.4 Å². The van der Waals surface area contributed by atoms with Crippen molar-refractivity contribution in [2.45, 2.75) is 6.42 Å². The summed E-state index contributed by atoms with van der Waals surface area (Å²) in [7, 11) is 0. The van der Waals surface area contributed by atoms with Crippen molar-refractivity contribution in [3.05, 3.63) is 36.5 Å². The Morgan fingerprint density at radius 1 is 1.27 bits per heavy atom. The molecule has 0 aliphatic carbocycles. The fraction of sp³-hybridized carbons (Fsp3) is 0.250. The van der Waals surface area contributed by atoms with Gasteiger partial charge in [-0.3, -0.25) is 4.98 Å². The van der Waals surface area contributed by atoms with Crippen LogP contribution >= 0.6 is 0 Å². The van der Waals surface area contributed by atoms with Gasteiger partial charge in [-0.05, 0) is 25.1 Å². The zero-order valence-electron chi connectivity index (χ0n) is 8.61. The van der Waals surface area contributed by atoms with Gasteiger partial charge in [0, 0.05) is 11.9 Å². The van der Waals surface area contributed by atoms with Gasteiger partial charge < -0.3 is 11.1 Å². The predicted octanol–water partition coefficient (Wildman–Crippen LogP) is 2.00. The normalized spacial score (nSPS) is 10.5. The number of benzene rings is 1. The van der Waals surface area contributed by atoms with Crippen molar-refractivity contribution in [3.63, 3.8) is 0 Å². The number of hydrogen-bond acceptors (Lipinski definition) is 3. The van der Waals surface area contributed by atoms with Crippen molar-refractivity contribution in [1.29, 1.82) is 0 Å². The lowest BCUT2D eigenvalue weighted by atomic mass is 10.2. The highest BCUT2D eigenvalue weighted by Gasteiger charge is 1.95. The lowest BCUT2D eigenvalue weighted by Gasteiger charge is -2.05. The van der Waals surface area contributed by atoms with E-state index < -0.39 is 0 Å². The molecule has 0 atom stereocenters. The summed E-state index contributed by atoms with van der Waals surface area (Å²) in [6.07, 6.45) is 2.84. The number of nitrogens with one attached hydrogen (secondary N) is 1. The summed E-state index contributed by atoms with van der Waals surface area (Å²) >= 11 is 0. The maximum absolute atomic E-state index is 5.43. The zero-order chi connectivity index (χ0) is 10.5. The molecule has 0 unspecified atom stereocenters. The fourth-order valence-electron chi connectivity index (χ4n) is 1.50.